The highest BCUT2D eigenvalue weighted by molar-refractivity contribution is 6.11. The van der Waals surface area contributed by atoms with Crippen LogP contribution in [0.25, 0.3) is 28.1 Å². The fraction of sp³-hybridized carbons (Fsp3) is 0.111. The number of aromatic nitrogens is 1. The number of carbonyl (C=O) groups is 1. The van der Waals surface area contributed by atoms with Gasteiger partial charge in [-0.25, -0.2) is 4.98 Å². The van der Waals surface area contributed by atoms with Gasteiger partial charge >= 0.3 is 0 Å². The molecule has 1 heterocycles. The Bertz CT molecular complexity index is 1270. The summed E-state index contributed by atoms with van der Waals surface area (Å²) in [4.78, 5) is 17.9. The van der Waals surface area contributed by atoms with Crippen LogP contribution in [0.4, 0.5) is 0 Å². The third kappa shape index (κ3) is 4.18. The molecule has 0 aliphatic carbocycles. The van der Waals surface area contributed by atoms with E-state index in [0.717, 1.165) is 27.8 Å². The molecule has 0 N–H and O–H groups in total. The maximum absolute atomic E-state index is 13.1. The van der Waals surface area contributed by atoms with E-state index in [1.807, 2.05) is 48.5 Å². The fourth-order valence-electron chi connectivity index (χ4n) is 3.59. The number of pyridine rings is 1. The standard InChI is InChI=1S/C27H23NO4/c1-30-20-13-11-18(12-14-20)21-17-19-7-4-5-8-22(19)28-23(21)15-16-24(29)27-25(31-2)9-6-10-26(27)32-3/h4-17H,1-3H3/b16-15+. The number of carbonyl (C=O) groups excluding carboxylic acids is 1. The summed E-state index contributed by atoms with van der Waals surface area (Å²) < 4.78 is 16.0. The Morgan fingerprint density at radius 2 is 1.50 bits per heavy atom. The highest BCUT2D eigenvalue weighted by Crippen LogP contribution is 2.31. The van der Waals surface area contributed by atoms with Gasteiger partial charge in [0, 0.05) is 10.9 Å². The number of rotatable bonds is 7. The molecule has 0 amide bonds. The normalized spacial score (nSPS) is 11.0. The second kappa shape index (κ2) is 9.35. The number of nitrogens with zero attached hydrogens (tertiary/aromatic N) is 1. The third-order valence-electron chi connectivity index (χ3n) is 5.22. The van der Waals surface area contributed by atoms with E-state index in [9.17, 15) is 4.79 Å². The summed E-state index contributed by atoms with van der Waals surface area (Å²) in [5.74, 6) is 1.47. The van der Waals surface area contributed by atoms with Crippen molar-refractivity contribution in [1.29, 1.82) is 0 Å². The maximum Gasteiger partial charge on any atom is 0.193 e. The summed E-state index contributed by atoms with van der Waals surface area (Å²) in [6, 6.07) is 23.0. The molecule has 0 aliphatic rings. The fourth-order valence-corrected chi connectivity index (χ4v) is 3.59. The van der Waals surface area contributed by atoms with Gasteiger partial charge in [-0.2, -0.15) is 0 Å². The number of hydrogen-bond donors (Lipinski definition) is 0. The molecule has 5 nitrogen and oxygen atoms in total. The van der Waals surface area contributed by atoms with E-state index >= 15 is 0 Å². The van der Waals surface area contributed by atoms with Gasteiger partial charge in [0.15, 0.2) is 5.78 Å². The first-order chi connectivity index (χ1) is 15.6. The largest absolute Gasteiger partial charge is 0.497 e. The average molecular weight is 425 g/mol. The van der Waals surface area contributed by atoms with Gasteiger partial charge in [-0.15, -0.1) is 0 Å². The number of methoxy groups -OCH3 is 3. The quantitative estimate of drug-likeness (QED) is 0.276. The molecule has 4 aromatic rings. The van der Waals surface area contributed by atoms with Crippen LogP contribution >= 0.6 is 0 Å². The Hall–Kier alpha value is -4.12. The Morgan fingerprint density at radius 3 is 2.16 bits per heavy atom. The van der Waals surface area contributed by atoms with Crippen molar-refractivity contribution in [3.63, 3.8) is 0 Å². The molecular formula is C27H23NO4. The van der Waals surface area contributed by atoms with E-state index in [-0.39, 0.29) is 5.78 Å². The molecule has 0 unspecified atom stereocenters. The lowest BCUT2D eigenvalue weighted by molar-refractivity contribution is 0.104. The first-order valence-corrected chi connectivity index (χ1v) is 10.1. The van der Waals surface area contributed by atoms with E-state index < -0.39 is 0 Å². The monoisotopic (exact) mass is 425 g/mol. The smallest absolute Gasteiger partial charge is 0.193 e. The summed E-state index contributed by atoms with van der Waals surface area (Å²) in [5, 5.41) is 1.02. The Kier molecular flexibility index (Phi) is 6.17. The number of para-hydroxylation sites is 1. The number of allylic oxidation sites excluding steroid dienone is 1. The molecule has 32 heavy (non-hydrogen) atoms. The van der Waals surface area contributed by atoms with E-state index in [0.29, 0.717) is 22.8 Å². The molecule has 0 aliphatic heterocycles. The van der Waals surface area contributed by atoms with Gasteiger partial charge < -0.3 is 14.2 Å². The van der Waals surface area contributed by atoms with Gasteiger partial charge in [0.2, 0.25) is 0 Å². The van der Waals surface area contributed by atoms with Crippen LogP contribution in [0.3, 0.4) is 0 Å². The second-order valence-corrected chi connectivity index (χ2v) is 7.08. The Labute approximate surface area is 186 Å². The summed E-state index contributed by atoms with van der Waals surface area (Å²) >= 11 is 0. The zero-order chi connectivity index (χ0) is 22.5. The first kappa shape index (κ1) is 21.1. The molecule has 0 saturated carbocycles. The third-order valence-corrected chi connectivity index (χ3v) is 5.22. The molecule has 5 heteroatoms. The van der Waals surface area contributed by atoms with Crippen LogP contribution in [-0.2, 0) is 0 Å². The number of hydrogen-bond acceptors (Lipinski definition) is 5. The molecule has 0 fully saturated rings. The molecule has 160 valence electrons. The molecule has 1 aromatic heterocycles. The van der Waals surface area contributed by atoms with Crippen molar-refractivity contribution in [2.75, 3.05) is 21.3 Å². The van der Waals surface area contributed by atoms with Gasteiger partial charge in [-0.3, -0.25) is 4.79 Å². The van der Waals surface area contributed by atoms with Crippen molar-refractivity contribution in [3.8, 4) is 28.4 Å². The van der Waals surface area contributed by atoms with Crippen LogP contribution in [-0.4, -0.2) is 32.1 Å². The van der Waals surface area contributed by atoms with Crippen LogP contribution < -0.4 is 14.2 Å². The number of ether oxygens (including phenoxy) is 3. The minimum atomic E-state index is -0.227. The predicted molar refractivity (Wildman–Crippen MR) is 127 cm³/mol. The minimum Gasteiger partial charge on any atom is -0.497 e. The van der Waals surface area contributed by atoms with E-state index in [1.54, 1.807) is 31.4 Å². The molecule has 0 radical (unpaired) electrons. The van der Waals surface area contributed by atoms with E-state index in [1.165, 1.54) is 20.3 Å². The SMILES string of the molecule is COc1ccc(-c2cc3ccccc3nc2/C=C/C(=O)c2c(OC)cccc2OC)cc1. The van der Waals surface area contributed by atoms with Crippen molar-refractivity contribution in [1.82, 2.24) is 4.98 Å². The molecule has 0 bridgehead atoms. The lowest BCUT2D eigenvalue weighted by Crippen LogP contribution is -2.02. The van der Waals surface area contributed by atoms with E-state index in [2.05, 4.69) is 6.07 Å². The predicted octanol–water partition coefficient (Wildman–Crippen LogP) is 5.82. The zero-order valence-electron chi connectivity index (χ0n) is 18.2. The molecule has 0 spiro atoms. The molecule has 3 aromatic carbocycles. The summed E-state index contributed by atoms with van der Waals surface area (Å²) in [5.41, 5.74) is 3.82. The molecular weight excluding hydrogens is 402 g/mol. The lowest BCUT2D eigenvalue weighted by Gasteiger charge is -2.11. The van der Waals surface area contributed by atoms with Gasteiger partial charge in [-0.1, -0.05) is 36.4 Å². The molecule has 4 rings (SSSR count). The zero-order valence-corrected chi connectivity index (χ0v) is 18.2. The van der Waals surface area contributed by atoms with Crippen molar-refractivity contribution in [2.24, 2.45) is 0 Å². The summed E-state index contributed by atoms with van der Waals surface area (Å²) in [6.45, 7) is 0. The highest BCUT2D eigenvalue weighted by Gasteiger charge is 2.16. The maximum atomic E-state index is 13.1. The minimum absolute atomic E-state index is 0.227. The summed E-state index contributed by atoms with van der Waals surface area (Å²) in [7, 11) is 4.70. The van der Waals surface area contributed by atoms with E-state index in [4.69, 9.17) is 19.2 Å². The number of ketones is 1. The van der Waals surface area contributed by atoms with Gasteiger partial charge in [-0.05, 0) is 54.1 Å². The van der Waals surface area contributed by atoms with Crippen LogP contribution in [0.5, 0.6) is 17.2 Å². The van der Waals surface area contributed by atoms with Crippen molar-refractivity contribution in [3.05, 3.63) is 90.1 Å². The number of benzene rings is 3. The van der Waals surface area contributed by atoms with Crippen LogP contribution in [0.2, 0.25) is 0 Å². The van der Waals surface area contributed by atoms with Gasteiger partial charge in [0.25, 0.3) is 0 Å². The van der Waals surface area contributed by atoms with Crippen LogP contribution in [0, 0.1) is 0 Å². The molecule has 0 saturated heterocycles. The Morgan fingerprint density at radius 1 is 0.812 bits per heavy atom. The lowest BCUT2D eigenvalue weighted by atomic mass is 10.00. The highest BCUT2D eigenvalue weighted by atomic mass is 16.5. The van der Waals surface area contributed by atoms with Crippen molar-refractivity contribution < 1.29 is 19.0 Å². The van der Waals surface area contributed by atoms with Crippen LogP contribution in [0.15, 0.2) is 78.9 Å². The summed E-state index contributed by atoms with van der Waals surface area (Å²) in [6.07, 6.45) is 3.24. The van der Waals surface area contributed by atoms with Gasteiger partial charge in [0.1, 0.15) is 22.8 Å². The number of fused-ring (bicyclic) bond motifs is 1. The van der Waals surface area contributed by atoms with Crippen molar-refractivity contribution >= 4 is 22.8 Å². The Balaban J connectivity index is 1.80. The van der Waals surface area contributed by atoms with Crippen LogP contribution in [0.1, 0.15) is 16.1 Å². The van der Waals surface area contributed by atoms with Crippen molar-refractivity contribution in [2.45, 2.75) is 0 Å². The second-order valence-electron chi connectivity index (χ2n) is 7.08. The van der Waals surface area contributed by atoms with Gasteiger partial charge in [0.05, 0.1) is 32.5 Å². The topological polar surface area (TPSA) is 57.7 Å². The average Bonchev–Trinajstić information content (AvgIpc) is 2.86. The molecule has 0 atom stereocenters. The first-order valence-electron chi connectivity index (χ1n) is 10.1.